The van der Waals surface area contributed by atoms with E-state index in [9.17, 15) is 14.4 Å². The molecule has 8 nitrogen and oxygen atoms in total. The van der Waals surface area contributed by atoms with Gasteiger partial charge in [-0.25, -0.2) is 4.79 Å². The Bertz CT molecular complexity index is 1010. The van der Waals surface area contributed by atoms with Crippen molar-refractivity contribution >= 4 is 17.8 Å². The van der Waals surface area contributed by atoms with Crippen LogP contribution in [0.5, 0.6) is 11.5 Å². The Morgan fingerprint density at radius 3 is 2.55 bits per heavy atom. The van der Waals surface area contributed by atoms with E-state index in [1.165, 1.54) is 0 Å². The summed E-state index contributed by atoms with van der Waals surface area (Å²) in [6.45, 7) is 4.29. The third-order valence-electron chi connectivity index (χ3n) is 5.72. The van der Waals surface area contributed by atoms with Gasteiger partial charge in [-0.3, -0.25) is 14.5 Å². The SMILES string of the molecule is CC[C@@]1(c2ccccc2)NC(=O)N(CC(=O)N[C@@H](C)c2ccc3c(c2)OCCO3)C1=O. The number of imide groups is 1. The summed E-state index contributed by atoms with van der Waals surface area (Å²) in [6, 6.07) is 13.6. The number of fused-ring (bicyclic) bond motifs is 1. The number of hydrogen-bond acceptors (Lipinski definition) is 5. The fourth-order valence-electron chi connectivity index (χ4n) is 3.98. The fraction of sp³-hybridized carbons (Fsp3) is 0.348. The normalized spacial score (nSPS) is 20.9. The maximum atomic E-state index is 13.2. The lowest BCUT2D eigenvalue weighted by molar-refractivity contribution is -0.135. The predicted octanol–water partition coefficient (Wildman–Crippen LogP) is 2.49. The molecule has 8 heteroatoms. The van der Waals surface area contributed by atoms with Crippen molar-refractivity contribution in [1.29, 1.82) is 0 Å². The third kappa shape index (κ3) is 3.81. The summed E-state index contributed by atoms with van der Waals surface area (Å²) in [5.74, 6) is 0.457. The monoisotopic (exact) mass is 423 g/mol. The van der Waals surface area contributed by atoms with Crippen molar-refractivity contribution in [3.63, 3.8) is 0 Å². The van der Waals surface area contributed by atoms with E-state index in [4.69, 9.17) is 9.47 Å². The molecule has 0 unspecified atom stereocenters. The van der Waals surface area contributed by atoms with Gasteiger partial charge in [0.2, 0.25) is 5.91 Å². The van der Waals surface area contributed by atoms with E-state index in [-0.39, 0.29) is 12.6 Å². The van der Waals surface area contributed by atoms with E-state index in [0.29, 0.717) is 36.7 Å². The van der Waals surface area contributed by atoms with Crippen LogP contribution >= 0.6 is 0 Å². The Morgan fingerprint density at radius 2 is 1.84 bits per heavy atom. The fourth-order valence-corrected chi connectivity index (χ4v) is 3.98. The zero-order valence-electron chi connectivity index (χ0n) is 17.5. The number of carbonyl (C=O) groups is 3. The summed E-state index contributed by atoms with van der Waals surface area (Å²) in [5, 5.41) is 5.63. The number of nitrogens with one attached hydrogen (secondary N) is 2. The molecular weight excluding hydrogens is 398 g/mol. The van der Waals surface area contributed by atoms with Gasteiger partial charge in [-0.2, -0.15) is 0 Å². The molecule has 2 aromatic rings. The molecule has 0 aromatic heterocycles. The van der Waals surface area contributed by atoms with Crippen LogP contribution in [-0.4, -0.2) is 42.5 Å². The Labute approximate surface area is 180 Å². The van der Waals surface area contributed by atoms with Crippen molar-refractivity contribution in [2.24, 2.45) is 0 Å². The lowest BCUT2D eigenvalue weighted by Gasteiger charge is -2.25. The number of ether oxygens (including phenoxy) is 2. The molecule has 2 atom stereocenters. The second-order valence-corrected chi connectivity index (χ2v) is 7.64. The minimum atomic E-state index is -1.15. The van der Waals surface area contributed by atoms with Gasteiger partial charge in [-0.05, 0) is 36.6 Å². The summed E-state index contributed by atoms with van der Waals surface area (Å²) in [6.07, 6.45) is 0.382. The molecule has 0 saturated carbocycles. The van der Waals surface area contributed by atoms with E-state index in [0.717, 1.165) is 10.5 Å². The highest BCUT2D eigenvalue weighted by atomic mass is 16.6. The van der Waals surface area contributed by atoms with Gasteiger partial charge in [0, 0.05) is 0 Å². The summed E-state index contributed by atoms with van der Waals surface area (Å²) < 4.78 is 11.1. The molecule has 1 fully saturated rings. The molecule has 0 aliphatic carbocycles. The molecule has 162 valence electrons. The Morgan fingerprint density at radius 1 is 1.13 bits per heavy atom. The van der Waals surface area contributed by atoms with Gasteiger partial charge in [0.15, 0.2) is 11.5 Å². The van der Waals surface area contributed by atoms with Crippen molar-refractivity contribution in [1.82, 2.24) is 15.5 Å². The van der Waals surface area contributed by atoms with Crippen LogP contribution in [-0.2, 0) is 15.1 Å². The van der Waals surface area contributed by atoms with Gasteiger partial charge in [0.1, 0.15) is 25.3 Å². The minimum Gasteiger partial charge on any atom is -0.486 e. The van der Waals surface area contributed by atoms with Gasteiger partial charge in [-0.1, -0.05) is 43.3 Å². The van der Waals surface area contributed by atoms with Crippen LogP contribution in [0.2, 0.25) is 0 Å². The summed E-state index contributed by atoms with van der Waals surface area (Å²) in [4.78, 5) is 39.4. The van der Waals surface area contributed by atoms with Crippen molar-refractivity contribution in [2.45, 2.75) is 31.8 Å². The first kappa shape index (κ1) is 20.7. The zero-order chi connectivity index (χ0) is 22.0. The predicted molar refractivity (Wildman–Crippen MR) is 113 cm³/mol. The molecule has 2 aliphatic rings. The Kier molecular flexibility index (Phi) is 5.54. The Balaban J connectivity index is 1.45. The molecule has 1 saturated heterocycles. The largest absolute Gasteiger partial charge is 0.486 e. The number of hydrogen-bond donors (Lipinski definition) is 2. The minimum absolute atomic E-state index is 0.339. The van der Waals surface area contributed by atoms with Crippen LogP contribution < -0.4 is 20.1 Å². The van der Waals surface area contributed by atoms with E-state index >= 15 is 0 Å². The lowest BCUT2D eigenvalue weighted by Crippen LogP contribution is -2.45. The molecule has 0 bridgehead atoms. The number of amides is 4. The second-order valence-electron chi connectivity index (χ2n) is 7.64. The summed E-state index contributed by atoms with van der Waals surface area (Å²) in [5.41, 5.74) is 0.380. The molecule has 4 rings (SSSR count). The number of rotatable bonds is 6. The Hall–Kier alpha value is -3.55. The topological polar surface area (TPSA) is 97.0 Å². The maximum Gasteiger partial charge on any atom is 0.325 e. The van der Waals surface area contributed by atoms with E-state index in [2.05, 4.69) is 10.6 Å². The summed E-state index contributed by atoms with van der Waals surface area (Å²) in [7, 11) is 0. The van der Waals surface area contributed by atoms with E-state index in [1.807, 2.05) is 44.2 Å². The smallest absolute Gasteiger partial charge is 0.325 e. The zero-order valence-corrected chi connectivity index (χ0v) is 17.5. The van der Waals surface area contributed by atoms with Crippen LogP contribution in [0.4, 0.5) is 4.79 Å². The average Bonchev–Trinajstić information content (AvgIpc) is 3.04. The first-order chi connectivity index (χ1) is 14.9. The van der Waals surface area contributed by atoms with Crippen LogP contribution in [0.3, 0.4) is 0 Å². The quantitative estimate of drug-likeness (QED) is 0.696. The van der Waals surface area contributed by atoms with E-state index < -0.39 is 23.4 Å². The molecule has 2 aromatic carbocycles. The number of nitrogens with zero attached hydrogens (tertiary/aromatic N) is 1. The van der Waals surface area contributed by atoms with Gasteiger partial charge in [-0.15, -0.1) is 0 Å². The molecular formula is C23H25N3O5. The first-order valence-corrected chi connectivity index (χ1v) is 10.3. The second kappa shape index (κ2) is 8.29. The molecule has 4 amide bonds. The van der Waals surface area contributed by atoms with Gasteiger partial charge < -0.3 is 20.1 Å². The first-order valence-electron chi connectivity index (χ1n) is 10.3. The highest BCUT2D eigenvalue weighted by Gasteiger charge is 2.51. The lowest BCUT2D eigenvalue weighted by atomic mass is 9.87. The number of urea groups is 1. The van der Waals surface area contributed by atoms with Crippen LogP contribution in [0.1, 0.15) is 37.4 Å². The van der Waals surface area contributed by atoms with Crippen molar-refractivity contribution in [3.05, 3.63) is 59.7 Å². The highest BCUT2D eigenvalue weighted by Crippen LogP contribution is 2.33. The molecule has 2 heterocycles. The van der Waals surface area contributed by atoms with Crippen LogP contribution in [0.15, 0.2) is 48.5 Å². The van der Waals surface area contributed by atoms with Crippen LogP contribution in [0, 0.1) is 0 Å². The average molecular weight is 423 g/mol. The maximum absolute atomic E-state index is 13.2. The highest BCUT2D eigenvalue weighted by molar-refractivity contribution is 6.09. The summed E-state index contributed by atoms with van der Waals surface area (Å²) >= 11 is 0. The number of benzene rings is 2. The standard InChI is InChI=1S/C23H25N3O5/c1-3-23(17-7-5-4-6-8-17)21(28)26(22(29)25-23)14-20(27)24-15(2)16-9-10-18-19(13-16)31-12-11-30-18/h4-10,13,15H,3,11-12,14H2,1-2H3,(H,24,27)(H,25,29)/t15-,23-/m0/s1. The molecule has 2 N–H and O–H groups in total. The van der Waals surface area contributed by atoms with Crippen molar-refractivity contribution in [2.75, 3.05) is 19.8 Å². The van der Waals surface area contributed by atoms with Gasteiger partial charge in [0.05, 0.1) is 6.04 Å². The van der Waals surface area contributed by atoms with Crippen LogP contribution in [0.25, 0.3) is 0 Å². The molecule has 0 radical (unpaired) electrons. The van der Waals surface area contributed by atoms with Crippen molar-refractivity contribution < 1.29 is 23.9 Å². The molecule has 2 aliphatic heterocycles. The van der Waals surface area contributed by atoms with Crippen molar-refractivity contribution in [3.8, 4) is 11.5 Å². The molecule has 0 spiro atoms. The third-order valence-corrected chi connectivity index (χ3v) is 5.72. The van der Waals surface area contributed by atoms with Gasteiger partial charge in [0.25, 0.3) is 5.91 Å². The number of carbonyl (C=O) groups excluding carboxylic acids is 3. The van der Waals surface area contributed by atoms with E-state index in [1.54, 1.807) is 18.2 Å². The van der Waals surface area contributed by atoms with Gasteiger partial charge >= 0.3 is 6.03 Å². The molecule has 31 heavy (non-hydrogen) atoms.